The summed E-state index contributed by atoms with van der Waals surface area (Å²) in [7, 11) is -1.70. The van der Waals surface area contributed by atoms with E-state index in [4.69, 9.17) is 0 Å². The summed E-state index contributed by atoms with van der Waals surface area (Å²) in [4.78, 5) is 14.2. The number of piperazine rings is 1. The fourth-order valence-corrected chi connectivity index (χ4v) is 5.40. The van der Waals surface area contributed by atoms with Gasteiger partial charge in [-0.1, -0.05) is 39.5 Å². The highest BCUT2D eigenvalue weighted by Crippen LogP contribution is 2.25. The van der Waals surface area contributed by atoms with Gasteiger partial charge >= 0.3 is 0 Å². The number of carbonyl (C=O) groups is 1. The van der Waals surface area contributed by atoms with Crippen molar-refractivity contribution in [2.75, 3.05) is 33.2 Å². The molecule has 1 unspecified atom stereocenters. The van der Waals surface area contributed by atoms with Crippen LogP contribution in [0, 0.1) is 5.92 Å². The maximum absolute atomic E-state index is 12.8. The van der Waals surface area contributed by atoms with Gasteiger partial charge in [-0.3, -0.25) is 4.79 Å². The summed E-state index contributed by atoms with van der Waals surface area (Å²) in [6.45, 7) is 5.87. The zero-order chi connectivity index (χ0) is 17.7. The first-order valence-corrected chi connectivity index (χ1v) is 10.8. The van der Waals surface area contributed by atoms with Crippen LogP contribution in [0.25, 0.3) is 0 Å². The maximum Gasteiger partial charge on any atom is 0.282 e. The highest BCUT2D eigenvalue weighted by atomic mass is 32.2. The molecule has 2 aliphatic rings. The largest absolute Gasteiger partial charge is 0.340 e. The summed E-state index contributed by atoms with van der Waals surface area (Å²) < 4.78 is 28.8. The van der Waals surface area contributed by atoms with E-state index in [1.54, 1.807) is 15.7 Å². The van der Waals surface area contributed by atoms with Crippen molar-refractivity contribution in [2.24, 2.45) is 5.92 Å². The predicted molar refractivity (Wildman–Crippen MR) is 95.8 cm³/mol. The molecule has 2 rings (SSSR count). The maximum atomic E-state index is 12.8. The summed E-state index contributed by atoms with van der Waals surface area (Å²) in [5, 5.41) is 0. The molecule has 0 radical (unpaired) electrons. The van der Waals surface area contributed by atoms with E-state index in [1.807, 2.05) is 11.8 Å². The van der Waals surface area contributed by atoms with Gasteiger partial charge in [0.1, 0.15) is 0 Å². The Balaban J connectivity index is 1.91. The fraction of sp³-hybridized carbons (Fsp3) is 0.941. The van der Waals surface area contributed by atoms with Gasteiger partial charge in [-0.15, -0.1) is 0 Å². The smallest absolute Gasteiger partial charge is 0.282 e. The van der Waals surface area contributed by atoms with E-state index >= 15 is 0 Å². The normalized spacial score (nSPS) is 22.8. The highest BCUT2D eigenvalue weighted by Gasteiger charge is 2.35. The van der Waals surface area contributed by atoms with Crippen molar-refractivity contribution in [3.8, 4) is 0 Å². The molecular weight excluding hydrogens is 326 g/mol. The van der Waals surface area contributed by atoms with E-state index in [1.165, 1.54) is 6.42 Å². The van der Waals surface area contributed by atoms with Gasteiger partial charge in [0.25, 0.3) is 10.2 Å². The number of amides is 1. The molecule has 0 aromatic rings. The first kappa shape index (κ1) is 19.7. The van der Waals surface area contributed by atoms with Gasteiger partial charge < -0.3 is 4.90 Å². The molecule has 1 saturated carbocycles. The van der Waals surface area contributed by atoms with E-state index in [-0.39, 0.29) is 17.9 Å². The highest BCUT2D eigenvalue weighted by molar-refractivity contribution is 7.86. The Labute approximate surface area is 147 Å². The first-order chi connectivity index (χ1) is 11.4. The Morgan fingerprint density at radius 1 is 1.12 bits per heavy atom. The minimum Gasteiger partial charge on any atom is -0.340 e. The van der Waals surface area contributed by atoms with Gasteiger partial charge in [-0.25, -0.2) is 0 Å². The third kappa shape index (κ3) is 4.49. The molecule has 2 fully saturated rings. The molecule has 24 heavy (non-hydrogen) atoms. The summed E-state index contributed by atoms with van der Waals surface area (Å²) in [6.07, 6.45) is 7.24. The second kappa shape index (κ2) is 8.63. The minimum atomic E-state index is -3.41. The summed E-state index contributed by atoms with van der Waals surface area (Å²) in [5.41, 5.74) is 0. The Bertz CT molecular complexity index is 509. The standard InChI is InChI=1S/C17H33N3O3S/c1-4-8-15(2)17(21)19-11-13-20(14-12-19)24(22,23)18(3)16-9-6-5-7-10-16/h15-16H,4-14H2,1-3H3. The van der Waals surface area contributed by atoms with Crippen LogP contribution in [0.2, 0.25) is 0 Å². The van der Waals surface area contributed by atoms with Crippen LogP contribution < -0.4 is 0 Å². The van der Waals surface area contributed by atoms with Crippen LogP contribution in [-0.4, -0.2) is 67.1 Å². The Hall–Kier alpha value is -0.660. The van der Waals surface area contributed by atoms with E-state index < -0.39 is 10.2 Å². The molecule has 0 aromatic carbocycles. The van der Waals surface area contributed by atoms with E-state index in [9.17, 15) is 13.2 Å². The van der Waals surface area contributed by atoms with E-state index in [2.05, 4.69) is 6.92 Å². The summed E-state index contributed by atoms with van der Waals surface area (Å²) in [5.74, 6) is 0.192. The number of hydrogen-bond acceptors (Lipinski definition) is 3. The average molecular weight is 360 g/mol. The fourth-order valence-electron chi connectivity index (χ4n) is 3.82. The molecule has 1 amide bonds. The zero-order valence-electron chi connectivity index (χ0n) is 15.4. The van der Waals surface area contributed by atoms with Crippen LogP contribution in [0.1, 0.15) is 58.8 Å². The Morgan fingerprint density at radius 2 is 1.71 bits per heavy atom. The monoisotopic (exact) mass is 359 g/mol. The lowest BCUT2D eigenvalue weighted by molar-refractivity contribution is -0.136. The van der Waals surface area contributed by atoms with Crippen molar-refractivity contribution in [3.05, 3.63) is 0 Å². The zero-order valence-corrected chi connectivity index (χ0v) is 16.2. The molecule has 6 nitrogen and oxygen atoms in total. The van der Waals surface area contributed by atoms with Crippen LogP contribution in [0.5, 0.6) is 0 Å². The van der Waals surface area contributed by atoms with E-state index in [0.717, 1.165) is 38.5 Å². The lowest BCUT2D eigenvalue weighted by atomic mass is 9.96. The lowest BCUT2D eigenvalue weighted by Gasteiger charge is -2.39. The van der Waals surface area contributed by atoms with Crippen molar-refractivity contribution in [3.63, 3.8) is 0 Å². The summed E-state index contributed by atoms with van der Waals surface area (Å²) in [6, 6.07) is 0.132. The number of carbonyl (C=O) groups excluding carboxylic acids is 1. The molecule has 0 N–H and O–H groups in total. The second-order valence-corrected chi connectivity index (χ2v) is 9.22. The molecular formula is C17H33N3O3S. The molecule has 1 heterocycles. The van der Waals surface area contributed by atoms with Crippen molar-refractivity contribution in [1.82, 2.24) is 13.5 Å². The van der Waals surface area contributed by atoms with Crippen molar-refractivity contribution in [2.45, 2.75) is 64.8 Å². The van der Waals surface area contributed by atoms with Gasteiger partial charge in [-0.05, 0) is 19.3 Å². The van der Waals surface area contributed by atoms with Gasteiger partial charge in [0.05, 0.1) is 0 Å². The van der Waals surface area contributed by atoms with Crippen LogP contribution in [0.15, 0.2) is 0 Å². The van der Waals surface area contributed by atoms with Crippen LogP contribution in [0.3, 0.4) is 0 Å². The van der Waals surface area contributed by atoms with Crippen LogP contribution in [0.4, 0.5) is 0 Å². The van der Waals surface area contributed by atoms with E-state index in [0.29, 0.717) is 26.2 Å². The molecule has 0 aromatic heterocycles. The molecule has 0 bridgehead atoms. The van der Waals surface area contributed by atoms with Crippen LogP contribution in [-0.2, 0) is 15.0 Å². The van der Waals surface area contributed by atoms with Crippen molar-refractivity contribution < 1.29 is 13.2 Å². The molecule has 140 valence electrons. The molecule has 1 aliphatic heterocycles. The quantitative estimate of drug-likeness (QED) is 0.729. The predicted octanol–water partition coefficient (Wildman–Crippen LogP) is 2.08. The minimum absolute atomic E-state index is 0.0306. The molecule has 0 spiro atoms. The second-order valence-electron chi connectivity index (χ2n) is 7.23. The topological polar surface area (TPSA) is 60.9 Å². The first-order valence-electron chi connectivity index (χ1n) is 9.39. The number of nitrogens with zero attached hydrogens (tertiary/aromatic N) is 3. The van der Waals surface area contributed by atoms with Gasteiger partial charge in [-0.2, -0.15) is 17.0 Å². The SMILES string of the molecule is CCCC(C)C(=O)N1CCN(S(=O)(=O)N(C)C2CCCCC2)CC1. The molecule has 1 atom stereocenters. The lowest BCUT2D eigenvalue weighted by Crippen LogP contribution is -2.55. The molecule has 1 saturated heterocycles. The van der Waals surface area contributed by atoms with Crippen molar-refractivity contribution in [1.29, 1.82) is 0 Å². The van der Waals surface area contributed by atoms with Gasteiger partial charge in [0, 0.05) is 45.2 Å². The Kier molecular flexibility index (Phi) is 7.07. The number of hydrogen-bond donors (Lipinski definition) is 0. The molecule has 1 aliphatic carbocycles. The molecule has 7 heteroatoms. The van der Waals surface area contributed by atoms with Crippen LogP contribution >= 0.6 is 0 Å². The third-order valence-corrected chi connectivity index (χ3v) is 7.52. The van der Waals surface area contributed by atoms with Gasteiger partial charge in [0.15, 0.2) is 0 Å². The van der Waals surface area contributed by atoms with Gasteiger partial charge in [0.2, 0.25) is 5.91 Å². The Morgan fingerprint density at radius 3 is 2.25 bits per heavy atom. The summed E-state index contributed by atoms with van der Waals surface area (Å²) >= 11 is 0. The third-order valence-electron chi connectivity index (χ3n) is 5.47. The number of rotatable bonds is 6. The average Bonchev–Trinajstić information content (AvgIpc) is 2.61. The van der Waals surface area contributed by atoms with Crippen molar-refractivity contribution >= 4 is 16.1 Å².